The lowest BCUT2D eigenvalue weighted by Gasteiger charge is -2.30. The Hall–Kier alpha value is -1.22. The van der Waals surface area contributed by atoms with Crippen LogP contribution in [0, 0.1) is 11.7 Å². The molecule has 0 aromatic heterocycles. The van der Waals surface area contributed by atoms with Gasteiger partial charge in [0, 0.05) is 32.1 Å². The van der Waals surface area contributed by atoms with E-state index in [0.717, 1.165) is 6.07 Å². The quantitative estimate of drug-likeness (QED) is 0.722. The number of rotatable bonds is 6. The van der Waals surface area contributed by atoms with Crippen LogP contribution >= 0.6 is 12.4 Å². The van der Waals surface area contributed by atoms with Gasteiger partial charge in [0.15, 0.2) is 0 Å². The fourth-order valence-electron chi connectivity index (χ4n) is 2.61. The molecule has 0 spiro atoms. The van der Waals surface area contributed by atoms with E-state index < -0.39 is 15.8 Å². The van der Waals surface area contributed by atoms with E-state index in [1.807, 2.05) is 0 Å². The maximum Gasteiger partial charge on any atom is 0.245 e. The van der Waals surface area contributed by atoms with E-state index in [1.54, 1.807) is 7.05 Å². The molecule has 1 aromatic rings. The molecule has 0 atom stereocenters. The van der Waals surface area contributed by atoms with Crippen molar-refractivity contribution in [2.75, 3.05) is 33.2 Å². The molecule has 1 saturated heterocycles. The molecule has 2 rings (SSSR count). The second kappa shape index (κ2) is 9.31. The first-order valence-corrected chi connectivity index (χ1v) is 9.08. The molecular formula is C15H23ClFN3O3S. The second-order valence-electron chi connectivity index (χ2n) is 5.50. The molecule has 6 nitrogen and oxygen atoms in total. The summed E-state index contributed by atoms with van der Waals surface area (Å²) in [6.07, 6.45) is 0.887. The highest BCUT2D eigenvalue weighted by Crippen LogP contribution is 2.25. The number of hydrogen-bond donors (Lipinski definition) is 2. The fraction of sp³-hybridized carbons (Fsp3) is 0.533. The Labute approximate surface area is 148 Å². The number of carbonyl (C=O) groups is 1. The summed E-state index contributed by atoms with van der Waals surface area (Å²) in [6, 6.07) is 5.35. The van der Waals surface area contributed by atoms with Crippen molar-refractivity contribution in [3.63, 3.8) is 0 Å². The SMILES string of the molecule is CNCCNC(=O)C1CCN(S(=O)(=O)c2ccccc2F)CC1.Cl. The monoisotopic (exact) mass is 379 g/mol. The third-order valence-electron chi connectivity index (χ3n) is 3.95. The van der Waals surface area contributed by atoms with Crippen LogP contribution in [0.2, 0.25) is 0 Å². The van der Waals surface area contributed by atoms with E-state index in [0.29, 0.717) is 25.9 Å². The molecule has 0 saturated carbocycles. The zero-order chi connectivity index (χ0) is 16.9. The number of nitrogens with one attached hydrogen (secondary N) is 2. The first-order chi connectivity index (χ1) is 11.0. The Kier molecular flexibility index (Phi) is 8.08. The van der Waals surface area contributed by atoms with Crippen LogP contribution < -0.4 is 10.6 Å². The summed E-state index contributed by atoms with van der Waals surface area (Å²) in [6.45, 7) is 1.68. The maximum absolute atomic E-state index is 13.7. The number of benzene rings is 1. The van der Waals surface area contributed by atoms with Crippen molar-refractivity contribution < 1.29 is 17.6 Å². The highest BCUT2D eigenvalue weighted by atomic mass is 35.5. The van der Waals surface area contributed by atoms with E-state index in [9.17, 15) is 17.6 Å². The number of amides is 1. The average molecular weight is 380 g/mol. The number of halogens is 2. The van der Waals surface area contributed by atoms with Crippen LogP contribution in [0.25, 0.3) is 0 Å². The van der Waals surface area contributed by atoms with Crippen LogP contribution in [0.1, 0.15) is 12.8 Å². The Morgan fingerprint density at radius 1 is 1.25 bits per heavy atom. The number of likely N-dealkylation sites (N-methyl/N-ethyl adjacent to an activating group) is 1. The van der Waals surface area contributed by atoms with Gasteiger partial charge in [0.25, 0.3) is 0 Å². The van der Waals surface area contributed by atoms with Crippen molar-refractivity contribution in [3.8, 4) is 0 Å². The van der Waals surface area contributed by atoms with Gasteiger partial charge in [-0.3, -0.25) is 4.79 Å². The molecule has 0 radical (unpaired) electrons. The van der Waals surface area contributed by atoms with Crippen molar-refractivity contribution in [3.05, 3.63) is 30.1 Å². The topological polar surface area (TPSA) is 78.5 Å². The Balaban J connectivity index is 0.00000288. The molecule has 1 aliphatic rings. The summed E-state index contributed by atoms with van der Waals surface area (Å²) in [7, 11) is -2.04. The molecule has 0 unspecified atom stereocenters. The number of carbonyl (C=O) groups excluding carboxylic acids is 1. The zero-order valence-electron chi connectivity index (χ0n) is 13.5. The number of hydrogen-bond acceptors (Lipinski definition) is 4. The van der Waals surface area contributed by atoms with Gasteiger partial charge in [-0.25, -0.2) is 12.8 Å². The van der Waals surface area contributed by atoms with Crippen molar-refractivity contribution in [2.24, 2.45) is 5.92 Å². The summed E-state index contributed by atoms with van der Waals surface area (Å²) < 4.78 is 39.9. The van der Waals surface area contributed by atoms with Crippen molar-refractivity contribution >= 4 is 28.3 Å². The predicted octanol–water partition coefficient (Wildman–Crippen LogP) is 0.984. The summed E-state index contributed by atoms with van der Waals surface area (Å²) in [5.41, 5.74) is 0. The third-order valence-corrected chi connectivity index (χ3v) is 5.89. The molecule has 136 valence electrons. The fourth-order valence-corrected chi connectivity index (χ4v) is 4.14. The first-order valence-electron chi connectivity index (χ1n) is 7.64. The van der Waals surface area contributed by atoms with E-state index in [4.69, 9.17) is 0 Å². The Bertz CT molecular complexity index is 649. The van der Waals surface area contributed by atoms with Gasteiger partial charge in [0.05, 0.1) is 0 Å². The van der Waals surface area contributed by atoms with Crippen LogP contribution in [0.15, 0.2) is 29.2 Å². The standard InChI is InChI=1S/C15H22FN3O3S.ClH/c1-17-8-9-18-15(20)12-6-10-19(11-7-12)23(21,22)14-5-3-2-4-13(14)16;/h2-5,12,17H,6-11H2,1H3,(H,18,20);1H. The molecular weight excluding hydrogens is 357 g/mol. The molecule has 1 fully saturated rings. The van der Waals surface area contributed by atoms with Gasteiger partial charge in [-0.2, -0.15) is 4.31 Å². The molecule has 2 N–H and O–H groups in total. The lowest BCUT2D eigenvalue weighted by atomic mass is 9.97. The minimum atomic E-state index is -3.85. The Morgan fingerprint density at radius 3 is 2.46 bits per heavy atom. The molecule has 1 heterocycles. The average Bonchev–Trinajstić information content (AvgIpc) is 2.55. The maximum atomic E-state index is 13.7. The highest BCUT2D eigenvalue weighted by Gasteiger charge is 2.33. The summed E-state index contributed by atoms with van der Waals surface area (Å²) in [5, 5.41) is 5.76. The van der Waals surface area contributed by atoms with Gasteiger partial charge in [-0.15, -0.1) is 12.4 Å². The molecule has 1 aliphatic heterocycles. The van der Waals surface area contributed by atoms with Gasteiger partial charge in [0.2, 0.25) is 15.9 Å². The van der Waals surface area contributed by atoms with Gasteiger partial charge < -0.3 is 10.6 Å². The van der Waals surface area contributed by atoms with E-state index in [2.05, 4.69) is 10.6 Å². The summed E-state index contributed by atoms with van der Waals surface area (Å²) in [5.74, 6) is -0.999. The molecule has 0 aliphatic carbocycles. The molecule has 1 aromatic carbocycles. The number of nitrogens with zero attached hydrogens (tertiary/aromatic N) is 1. The predicted molar refractivity (Wildman–Crippen MR) is 92.1 cm³/mol. The lowest BCUT2D eigenvalue weighted by molar-refractivity contribution is -0.126. The van der Waals surface area contributed by atoms with E-state index >= 15 is 0 Å². The van der Waals surface area contributed by atoms with Crippen molar-refractivity contribution in [2.45, 2.75) is 17.7 Å². The van der Waals surface area contributed by atoms with Gasteiger partial charge in [-0.05, 0) is 32.0 Å². The summed E-state index contributed by atoms with van der Waals surface area (Å²) >= 11 is 0. The minimum absolute atomic E-state index is 0. The van der Waals surface area contributed by atoms with Gasteiger partial charge in [-0.1, -0.05) is 12.1 Å². The summed E-state index contributed by atoms with van der Waals surface area (Å²) in [4.78, 5) is 11.7. The highest BCUT2D eigenvalue weighted by molar-refractivity contribution is 7.89. The van der Waals surface area contributed by atoms with Crippen LogP contribution in [-0.4, -0.2) is 51.9 Å². The third kappa shape index (κ3) is 4.89. The molecule has 0 bridgehead atoms. The van der Waals surface area contributed by atoms with E-state index in [-0.39, 0.29) is 42.2 Å². The normalized spacial score (nSPS) is 16.4. The number of sulfonamides is 1. The van der Waals surface area contributed by atoms with E-state index in [1.165, 1.54) is 22.5 Å². The van der Waals surface area contributed by atoms with Gasteiger partial charge in [0.1, 0.15) is 10.7 Å². The second-order valence-corrected chi connectivity index (χ2v) is 7.41. The Morgan fingerprint density at radius 2 is 1.88 bits per heavy atom. The van der Waals surface area contributed by atoms with Gasteiger partial charge >= 0.3 is 0 Å². The molecule has 24 heavy (non-hydrogen) atoms. The van der Waals surface area contributed by atoms with Crippen molar-refractivity contribution in [1.82, 2.24) is 14.9 Å². The zero-order valence-corrected chi connectivity index (χ0v) is 15.1. The van der Waals surface area contributed by atoms with Crippen LogP contribution in [0.4, 0.5) is 4.39 Å². The first kappa shape index (κ1) is 20.8. The van der Waals surface area contributed by atoms with Crippen molar-refractivity contribution in [1.29, 1.82) is 0 Å². The number of piperidine rings is 1. The van der Waals surface area contributed by atoms with Crippen LogP contribution in [-0.2, 0) is 14.8 Å². The van der Waals surface area contributed by atoms with Crippen LogP contribution in [0.5, 0.6) is 0 Å². The largest absolute Gasteiger partial charge is 0.355 e. The van der Waals surface area contributed by atoms with Crippen LogP contribution in [0.3, 0.4) is 0 Å². The minimum Gasteiger partial charge on any atom is -0.355 e. The molecule has 1 amide bonds. The smallest absolute Gasteiger partial charge is 0.245 e. The lowest BCUT2D eigenvalue weighted by Crippen LogP contribution is -2.44. The molecule has 9 heteroatoms.